The molecule has 0 saturated carbocycles. The SMILES string of the molecule is C=C(C)c1cc(C(C)(C)C)c(OCC2CO2)c(C(C)(C)C)c1. The summed E-state index contributed by atoms with van der Waals surface area (Å²) in [5.41, 5.74) is 4.83. The molecule has 2 nitrogen and oxygen atoms in total. The second-order valence-corrected chi connectivity index (χ2v) is 8.45. The Balaban J connectivity index is 2.60. The Labute approximate surface area is 135 Å². The fourth-order valence-corrected chi connectivity index (χ4v) is 2.49. The van der Waals surface area contributed by atoms with Crippen molar-refractivity contribution in [3.8, 4) is 5.75 Å². The van der Waals surface area contributed by atoms with Gasteiger partial charge in [0.1, 0.15) is 18.5 Å². The average Bonchev–Trinajstić information content (AvgIpc) is 3.16. The molecule has 1 atom stereocenters. The number of hydrogen-bond donors (Lipinski definition) is 0. The largest absolute Gasteiger partial charge is 0.490 e. The van der Waals surface area contributed by atoms with Crippen LogP contribution in [-0.2, 0) is 15.6 Å². The van der Waals surface area contributed by atoms with E-state index in [2.05, 4.69) is 67.2 Å². The van der Waals surface area contributed by atoms with Crippen LogP contribution >= 0.6 is 0 Å². The van der Waals surface area contributed by atoms with Crippen molar-refractivity contribution >= 4 is 5.57 Å². The van der Waals surface area contributed by atoms with Gasteiger partial charge >= 0.3 is 0 Å². The molecule has 1 unspecified atom stereocenters. The van der Waals surface area contributed by atoms with E-state index >= 15 is 0 Å². The van der Waals surface area contributed by atoms with Gasteiger partial charge in [0, 0.05) is 11.1 Å². The van der Waals surface area contributed by atoms with Gasteiger partial charge in [-0.1, -0.05) is 53.7 Å². The first-order valence-electron chi connectivity index (χ1n) is 8.09. The Kier molecular flexibility index (Phi) is 4.45. The molecule has 0 spiro atoms. The molecule has 1 saturated heterocycles. The molecule has 1 aliphatic rings. The van der Waals surface area contributed by atoms with E-state index < -0.39 is 0 Å². The van der Waals surface area contributed by atoms with Crippen molar-refractivity contribution in [1.29, 1.82) is 0 Å². The standard InChI is InChI=1S/C20H30O2/c1-13(2)14-9-16(19(3,4)5)18(22-12-15-11-21-15)17(10-14)20(6,7)8/h9-10,15H,1,11-12H2,2-8H3. The van der Waals surface area contributed by atoms with Crippen molar-refractivity contribution in [3.05, 3.63) is 35.4 Å². The zero-order chi connectivity index (χ0) is 16.7. The van der Waals surface area contributed by atoms with E-state index in [1.165, 1.54) is 16.7 Å². The van der Waals surface area contributed by atoms with E-state index in [9.17, 15) is 0 Å². The van der Waals surface area contributed by atoms with Crippen LogP contribution in [0.15, 0.2) is 18.7 Å². The Morgan fingerprint density at radius 2 is 1.59 bits per heavy atom. The van der Waals surface area contributed by atoms with Crippen LogP contribution in [0.5, 0.6) is 5.75 Å². The van der Waals surface area contributed by atoms with Crippen molar-refractivity contribution < 1.29 is 9.47 Å². The Bertz CT molecular complexity index is 531. The van der Waals surface area contributed by atoms with Crippen LogP contribution in [0.2, 0.25) is 0 Å². The number of rotatable bonds is 4. The molecule has 0 radical (unpaired) electrons. The summed E-state index contributed by atoms with van der Waals surface area (Å²) in [7, 11) is 0. The molecule has 1 heterocycles. The highest BCUT2D eigenvalue weighted by Crippen LogP contribution is 2.42. The molecule has 0 aliphatic carbocycles. The highest BCUT2D eigenvalue weighted by Gasteiger charge is 2.30. The fourth-order valence-electron chi connectivity index (χ4n) is 2.49. The van der Waals surface area contributed by atoms with Crippen molar-refractivity contribution in [2.24, 2.45) is 0 Å². The molecule has 2 rings (SSSR count). The van der Waals surface area contributed by atoms with E-state index in [1.54, 1.807) is 0 Å². The summed E-state index contributed by atoms with van der Waals surface area (Å²) in [6.45, 7) is 21.0. The summed E-state index contributed by atoms with van der Waals surface area (Å²) < 4.78 is 11.5. The van der Waals surface area contributed by atoms with Crippen LogP contribution in [0.25, 0.3) is 5.57 Å². The summed E-state index contributed by atoms with van der Waals surface area (Å²) >= 11 is 0. The summed E-state index contributed by atoms with van der Waals surface area (Å²) in [4.78, 5) is 0. The molecule has 0 N–H and O–H groups in total. The quantitative estimate of drug-likeness (QED) is 0.722. The van der Waals surface area contributed by atoms with Crippen LogP contribution in [0.4, 0.5) is 0 Å². The zero-order valence-electron chi connectivity index (χ0n) is 15.2. The normalized spacial score (nSPS) is 18.2. The molecule has 2 heteroatoms. The van der Waals surface area contributed by atoms with Crippen molar-refractivity contribution in [3.63, 3.8) is 0 Å². The number of epoxide rings is 1. The van der Waals surface area contributed by atoms with E-state index in [1.807, 2.05) is 0 Å². The van der Waals surface area contributed by atoms with Crippen molar-refractivity contribution in [2.75, 3.05) is 13.2 Å². The Hall–Kier alpha value is -1.28. The minimum Gasteiger partial charge on any atom is -0.490 e. The lowest BCUT2D eigenvalue weighted by molar-refractivity contribution is 0.253. The zero-order valence-corrected chi connectivity index (χ0v) is 15.2. The van der Waals surface area contributed by atoms with Gasteiger partial charge in [-0.2, -0.15) is 0 Å². The Morgan fingerprint density at radius 1 is 1.14 bits per heavy atom. The molecule has 122 valence electrons. The van der Waals surface area contributed by atoms with E-state index in [-0.39, 0.29) is 16.9 Å². The molecule has 1 aromatic rings. The van der Waals surface area contributed by atoms with Gasteiger partial charge in [0.25, 0.3) is 0 Å². The fraction of sp³-hybridized carbons (Fsp3) is 0.600. The van der Waals surface area contributed by atoms with Gasteiger partial charge < -0.3 is 9.47 Å². The number of ether oxygens (including phenoxy) is 2. The second kappa shape index (κ2) is 5.73. The predicted molar refractivity (Wildman–Crippen MR) is 93.8 cm³/mol. The molecule has 0 bridgehead atoms. The molecular weight excluding hydrogens is 272 g/mol. The topological polar surface area (TPSA) is 21.8 Å². The van der Waals surface area contributed by atoms with E-state index in [0.29, 0.717) is 6.61 Å². The molecular formula is C20H30O2. The van der Waals surface area contributed by atoms with Crippen LogP contribution < -0.4 is 4.74 Å². The lowest BCUT2D eigenvalue weighted by Gasteiger charge is -2.30. The summed E-state index contributed by atoms with van der Waals surface area (Å²) in [6, 6.07) is 4.47. The van der Waals surface area contributed by atoms with E-state index in [0.717, 1.165) is 17.9 Å². The molecule has 1 aliphatic heterocycles. The maximum absolute atomic E-state index is 6.23. The van der Waals surface area contributed by atoms with Gasteiger partial charge in [0.15, 0.2) is 0 Å². The van der Waals surface area contributed by atoms with Gasteiger partial charge in [-0.05, 0) is 35.4 Å². The lowest BCUT2D eigenvalue weighted by atomic mass is 9.78. The Morgan fingerprint density at radius 3 is 1.91 bits per heavy atom. The maximum Gasteiger partial charge on any atom is 0.126 e. The smallest absolute Gasteiger partial charge is 0.126 e. The number of benzene rings is 1. The first-order chi connectivity index (χ1) is 10.00. The first-order valence-corrected chi connectivity index (χ1v) is 8.09. The van der Waals surface area contributed by atoms with Crippen LogP contribution in [0, 0.1) is 0 Å². The summed E-state index contributed by atoms with van der Waals surface area (Å²) in [5.74, 6) is 1.03. The monoisotopic (exact) mass is 302 g/mol. The number of allylic oxidation sites excluding steroid dienone is 1. The average molecular weight is 302 g/mol. The third kappa shape index (κ3) is 3.92. The summed E-state index contributed by atoms with van der Waals surface area (Å²) in [5, 5.41) is 0. The van der Waals surface area contributed by atoms with Gasteiger partial charge in [0.05, 0.1) is 6.61 Å². The second-order valence-electron chi connectivity index (χ2n) is 8.45. The van der Waals surface area contributed by atoms with E-state index in [4.69, 9.17) is 9.47 Å². The minimum absolute atomic E-state index is 0.0190. The first kappa shape index (κ1) is 17.1. The predicted octanol–water partition coefficient (Wildman–Crippen LogP) is 5.09. The van der Waals surface area contributed by atoms with Crippen LogP contribution in [-0.4, -0.2) is 19.3 Å². The molecule has 0 aromatic heterocycles. The third-order valence-electron chi connectivity index (χ3n) is 4.01. The molecule has 22 heavy (non-hydrogen) atoms. The maximum atomic E-state index is 6.23. The van der Waals surface area contributed by atoms with Crippen molar-refractivity contribution in [2.45, 2.75) is 65.4 Å². The van der Waals surface area contributed by atoms with Crippen LogP contribution in [0.3, 0.4) is 0 Å². The third-order valence-corrected chi connectivity index (χ3v) is 4.01. The van der Waals surface area contributed by atoms with Gasteiger partial charge in [-0.3, -0.25) is 0 Å². The van der Waals surface area contributed by atoms with Gasteiger partial charge in [-0.25, -0.2) is 0 Å². The molecule has 1 aromatic carbocycles. The highest BCUT2D eigenvalue weighted by molar-refractivity contribution is 5.66. The highest BCUT2D eigenvalue weighted by atomic mass is 16.6. The number of hydrogen-bond acceptors (Lipinski definition) is 2. The van der Waals surface area contributed by atoms with Crippen molar-refractivity contribution in [1.82, 2.24) is 0 Å². The summed E-state index contributed by atoms with van der Waals surface area (Å²) in [6.07, 6.45) is 0.265. The molecule has 1 fully saturated rings. The van der Waals surface area contributed by atoms with Gasteiger partial charge in [-0.15, -0.1) is 0 Å². The van der Waals surface area contributed by atoms with Gasteiger partial charge in [0.2, 0.25) is 0 Å². The molecule has 0 amide bonds. The van der Waals surface area contributed by atoms with Crippen LogP contribution in [0.1, 0.15) is 65.2 Å². The minimum atomic E-state index is 0.0190. The lowest BCUT2D eigenvalue weighted by Crippen LogP contribution is -2.21.